The molecule has 0 radical (unpaired) electrons. The van der Waals surface area contributed by atoms with Gasteiger partial charge in [-0.15, -0.1) is 0 Å². The van der Waals surface area contributed by atoms with Crippen LogP contribution in [0.3, 0.4) is 0 Å². The van der Waals surface area contributed by atoms with E-state index in [4.69, 9.17) is 0 Å². The Balaban J connectivity index is 2.12. The van der Waals surface area contributed by atoms with E-state index in [1.807, 2.05) is 0 Å². The van der Waals surface area contributed by atoms with Gasteiger partial charge >= 0.3 is 0 Å². The van der Waals surface area contributed by atoms with Gasteiger partial charge in [0, 0.05) is 0 Å². The van der Waals surface area contributed by atoms with Crippen LogP contribution in [0.25, 0.3) is 17.2 Å². The van der Waals surface area contributed by atoms with Crippen molar-refractivity contribution in [2.45, 2.75) is 20.3 Å². The van der Waals surface area contributed by atoms with Gasteiger partial charge in [-0.2, -0.15) is 0 Å². The maximum atomic E-state index is 2.39. The first-order valence-electron chi connectivity index (χ1n) is 6.63. The van der Waals surface area contributed by atoms with E-state index >= 15 is 0 Å². The summed E-state index contributed by atoms with van der Waals surface area (Å²) in [4.78, 5) is 0. The first kappa shape index (κ1) is 11.3. The second kappa shape index (κ2) is 4.45. The van der Waals surface area contributed by atoms with Crippen LogP contribution in [0, 0.1) is 5.92 Å². The molecule has 0 amide bonds. The molecule has 0 aromatic heterocycles. The van der Waals surface area contributed by atoms with Gasteiger partial charge in [-0.05, 0) is 34.6 Å². The van der Waals surface area contributed by atoms with E-state index in [-0.39, 0.29) is 0 Å². The molecule has 2 aromatic rings. The molecule has 0 heterocycles. The topological polar surface area (TPSA) is 0 Å². The SMILES string of the molecule is CC(C)C1=Cc2c(cccc2-c2ccccc2)C1. The van der Waals surface area contributed by atoms with Crippen molar-refractivity contribution in [3.63, 3.8) is 0 Å². The van der Waals surface area contributed by atoms with E-state index in [2.05, 4.69) is 68.5 Å². The Morgan fingerprint density at radius 3 is 2.39 bits per heavy atom. The van der Waals surface area contributed by atoms with Crippen LogP contribution in [-0.2, 0) is 6.42 Å². The average molecular weight is 234 g/mol. The molecule has 0 fully saturated rings. The van der Waals surface area contributed by atoms with Crippen LogP contribution in [0.4, 0.5) is 0 Å². The summed E-state index contributed by atoms with van der Waals surface area (Å²) < 4.78 is 0. The summed E-state index contributed by atoms with van der Waals surface area (Å²) in [5.41, 5.74) is 7.13. The Morgan fingerprint density at radius 1 is 0.889 bits per heavy atom. The van der Waals surface area contributed by atoms with Gasteiger partial charge in [-0.25, -0.2) is 0 Å². The van der Waals surface area contributed by atoms with Crippen molar-refractivity contribution in [3.05, 3.63) is 65.2 Å². The molecular weight excluding hydrogens is 216 g/mol. The Kier molecular flexibility index (Phi) is 2.79. The number of fused-ring (bicyclic) bond motifs is 1. The fourth-order valence-corrected chi connectivity index (χ4v) is 2.63. The average Bonchev–Trinajstić information content (AvgIpc) is 2.83. The molecule has 1 aliphatic rings. The van der Waals surface area contributed by atoms with Gasteiger partial charge in [0.05, 0.1) is 0 Å². The van der Waals surface area contributed by atoms with Gasteiger partial charge in [0.25, 0.3) is 0 Å². The normalized spacial score (nSPS) is 13.6. The van der Waals surface area contributed by atoms with Gasteiger partial charge < -0.3 is 0 Å². The minimum absolute atomic E-state index is 0.640. The van der Waals surface area contributed by atoms with Crippen LogP contribution < -0.4 is 0 Å². The first-order chi connectivity index (χ1) is 8.75. The molecule has 0 bridgehead atoms. The predicted octanol–water partition coefficient (Wildman–Crippen LogP) is 4.95. The highest BCUT2D eigenvalue weighted by atomic mass is 14.2. The molecule has 0 N–H and O–H groups in total. The van der Waals surface area contributed by atoms with E-state index < -0.39 is 0 Å². The van der Waals surface area contributed by atoms with Crippen molar-refractivity contribution in [2.24, 2.45) is 5.92 Å². The highest BCUT2D eigenvalue weighted by Crippen LogP contribution is 2.35. The first-order valence-corrected chi connectivity index (χ1v) is 6.63. The third-order valence-electron chi connectivity index (χ3n) is 3.75. The molecule has 90 valence electrons. The summed E-state index contributed by atoms with van der Waals surface area (Å²) in [6, 6.07) is 17.3. The van der Waals surface area contributed by atoms with Crippen LogP contribution in [0.2, 0.25) is 0 Å². The Morgan fingerprint density at radius 2 is 1.67 bits per heavy atom. The molecule has 18 heavy (non-hydrogen) atoms. The van der Waals surface area contributed by atoms with Gasteiger partial charge in [-0.3, -0.25) is 0 Å². The lowest BCUT2D eigenvalue weighted by Gasteiger charge is -2.07. The lowest BCUT2D eigenvalue weighted by atomic mass is 9.97. The van der Waals surface area contributed by atoms with Crippen molar-refractivity contribution in [1.82, 2.24) is 0 Å². The zero-order valence-electron chi connectivity index (χ0n) is 11.0. The summed E-state index contributed by atoms with van der Waals surface area (Å²) in [7, 11) is 0. The molecule has 0 atom stereocenters. The van der Waals surface area contributed by atoms with Gasteiger partial charge in [0.15, 0.2) is 0 Å². The maximum Gasteiger partial charge on any atom is -0.00550 e. The van der Waals surface area contributed by atoms with Crippen molar-refractivity contribution >= 4 is 6.08 Å². The lowest BCUT2D eigenvalue weighted by Crippen LogP contribution is -1.92. The molecule has 0 nitrogen and oxygen atoms in total. The number of rotatable bonds is 2. The van der Waals surface area contributed by atoms with Crippen molar-refractivity contribution in [2.75, 3.05) is 0 Å². The van der Waals surface area contributed by atoms with Crippen LogP contribution in [0.5, 0.6) is 0 Å². The van der Waals surface area contributed by atoms with Crippen LogP contribution in [-0.4, -0.2) is 0 Å². The van der Waals surface area contributed by atoms with E-state index in [9.17, 15) is 0 Å². The van der Waals surface area contributed by atoms with E-state index in [0.717, 1.165) is 6.42 Å². The smallest absolute Gasteiger partial charge is 0.00550 e. The third kappa shape index (κ3) is 1.88. The molecule has 0 heteroatoms. The number of hydrogen-bond donors (Lipinski definition) is 0. The standard InChI is InChI=1S/C18H18/c1-13(2)16-11-15-9-6-10-17(18(15)12-16)14-7-4-3-5-8-14/h3-10,12-13H,11H2,1-2H3. The number of hydrogen-bond acceptors (Lipinski definition) is 0. The van der Waals surface area contributed by atoms with E-state index in [1.165, 1.54) is 22.3 Å². The number of benzene rings is 2. The summed E-state index contributed by atoms with van der Waals surface area (Å²) >= 11 is 0. The highest BCUT2D eigenvalue weighted by molar-refractivity contribution is 5.80. The van der Waals surface area contributed by atoms with E-state index in [0.29, 0.717) is 5.92 Å². The monoisotopic (exact) mass is 234 g/mol. The minimum Gasteiger partial charge on any atom is -0.0626 e. The lowest BCUT2D eigenvalue weighted by molar-refractivity contribution is 0.754. The second-order valence-corrected chi connectivity index (χ2v) is 5.30. The maximum absolute atomic E-state index is 2.39. The number of allylic oxidation sites excluding steroid dienone is 1. The molecule has 0 saturated carbocycles. The van der Waals surface area contributed by atoms with Crippen molar-refractivity contribution in [3.8, 4) is 11.1 Å². The zero-order valence-corrected chi connectivity index (χ0v) is 11.0. The fourth-order valence-electron chi connectivity index (χ4n) is 2.63. The molecule has 0 unspecified atom stereocenters. The minimum atomic E-state index is 0.640. The summed E-state index contributed by atoms with van der Waals surface area (Å²) in [5.74, 6) is 0.640. The summed E-state index contributed by atoms with van der Waals surface area (Å²) in [6.07, 6.45) is 3.51. The molecule has 0 aliphatic heterocycles. The van der Waals surface area contributed by atoms with Gasteiger partial charge in [0.2, 0.25) is 0 Å². The Hall–Kier alpha value is -1.82. The molecule has 0 spiro atoms. The third-order valence-corrected chi connectivity index (χ3v) is 3.75. The Labute approximate surface area is 109 Å². The molecule has 1 aliphatic carbocycles. The fraction of sp³-hybridized carbons (Fsp3) is 0.222. The second-order valence-electron chi connectivity index (χ2n) is 5.30. The van der Waals surface area contributed by atoms with Crippen LogP contribution >= 0.6 is 0 Å². The predicted molar refractivity (Wildman–Crippen MR) is 78.4 cm³/mol. The summed E-state index contributed by atoms with van der Waals surface area (Å²) in [5, 5.41) is 0. The zero-order chi connectivity index (χ0) is 12.5. The van der Waals surface area contributed by atoms with Crippen molar-refractivity contribution < 1.29 is 0 Å². The van der Waals surface area contributed by atoms with Gasteiger partial charge in [0.1, 0.15) is 0 Å². The van der Waals surface area contributed by atoms with Crippen LogP contribution in [0.1, 0.15) is 25.0 Å². The quantitative estimate of drug-likeness (QED) is 0.689. The van der Waals surface area contributed by atoms with E-state index in [1.54, 1.807) is 5.57 Å². The molecule has 2 aromatic carbocycles. The van der Waals surface area contributed by atoms with Crippen LogP contribution in [0.15, 0.2) is 54.1 Å². The largest absolute Gasteiger partial charge is 0.0626 e. The highest BCUT2D eigenvalue weighted by Gasteiger charge is 2.17. The Bertz CT molecular complexity index is 589. The summed E-state index contributed by atoms with van der Waals surface area (Å²) in [6.45, 7) is 4.56. The molecule has 0 saturated heterocycles. The van der Waals surface area contributed by atoms with Crippen molar-refractivity contribution in [1.29, 1.82) is 0 Å². The molecular formula is C18H18. The molecule has 3 rings (SSSR count). The van der Waals surface area contributed by atoms with Gasteiger partial charge in [-0.1, -0.05) is 74.0 Å².